The Morgan fingerprint density at radius 2 is 2.00 bits per heavy atom. The molecule has 1 amide bonds. The minimum absolute atomic E-state index is 0.233. The van der Waals surface area contributed by atoms with Crippen molar-refractivity contribution in [2.24, 2.45) is 5.92 Å². The quantitative estimate of drug-likeness (QED) is 0.747. The molecule has 0 spiro atoms. The Labute approximate surface area is 85.7 Å². The second-order valence-electron chi connectivity index (χ2n) is 3.91. The van der Waals surface area contributed by atoms with Crippen LogP contribution in [-0.4, -0.2) is 28.9 Å². The molecule has 1 fully saturated rings. The number of carbonyl (C=O) groups excluding carboxylic acids is 1. The molecule has 1 saturated carbocycles. The summed E-state index contributed by atoms with van der Waals surface area (Å²) in [6, 6.07) is -0.440. The standard InChI is InChI=1S/C9H13F2NO3/c1-9(10,11)8(15)12-6-3-2-5(4-6)7(13)14/h5-6H,2-4H2,1H3,(H,12,15)(H,13,14)/t5-,6+/m0/s1. The van der Waals surface area contributed by atoms with Gasteiger partial charge in [-0.1, -0.05) is 0 Å². The van der Waals surface area contributed by atoms with E-state index in [1.165, 1.54) is 0 Å². The predicted octanol–water partition coefficient (Wildman–Crippen LogP) is 1.01. The second kappa shape index (κ2) is 4.12. The minimum atomic E-state index is -3.40. The zero-order valence-corrected chi connectivity index (χ0v) is 8.30. The van der Waals surface area contributed by atoms with E-state index in [0.717, 1.165) is 0 Å². The zero-order chi connectivity index (χ0) is 11.6. The normalized spacial score (nSPS) is 26.3. The molecule has 1 aliphatic carbocycles. The SMILES string of the molecule is CC(F)(F)C(=O)N[C@@H]1CC[C@H](C(=O)O)C1. The number of halogens is 2. The molecule has 0 heterocycles. The van der Waals surface area contributed by atoms with Crippen LogP contribution >= 0.6 is 0 Å². The molecule has 0 unspecified atom stereocenters. The average Bonchev–Trinajstić information content (AvgIpc) is 2.50. The summed E-state index contributed by atoms with van der Waals surface area (Å²) in [5.41, 5.74) is 0. The summed E-state index contributed by atoms with van der Waals surface area (Å²) >= 11 is 0. The van der Waals surface area contributed by atoms with Crippen LogP contribution in [0, 0.1) is 5.92 Å². The Morgan fingerprint density at radius 1 is 1.40 bits per heavy atom. The van der Waals surface area contributed by atoms with Gasteiger partial charge in [-0.25, -0.2) is 0 Å². The van der Waals surface area contributed by atoms with Gasteiger partial charge in [0.1, 0.15) is 0 Å². The summed E-state index contributed by atoms with van der Waals surface area (Å²) < 4.78 is 25.0. The average molecular weight is 221 g/mol. The smallest absolute Gasteiger partial charge is 0.321 e. The first kappa shape index (κ1) is 11.9. The van der Waals surface area contributed by atoms with Gasteiger partial charge in [-0.2, -0.15) is 8.78 Å². The molecule has 15 heavy (non-hydrogen) atoms. The molecule has 0 aromatic heterocycles. The maximum atomic E-state index is 12.5. The molecule has 0 bridgehead atoms. The van der Waals surface area contributed by atoms with Crippen molar-refractivity contribution in [2.75, 3.05) is 0 Å². The number of hydrogen-bond donors (Lipinski definition) is 2. The van der Waals surface area contributed by atoms with E-state index in [1.54, 1.807) is 0 Å². The lowest BCUT2D eigenvalue weighted by atomic mass is 10.1. The van der Waals surface area contributed by atoms with Gasteiger partial charge in [0.15, 0.2) is 0 Å². The van der Waals surface area contributed by atoms with Gasteiger partial charge in [0.05, 0.1) is 5.92 Å². The largest absolute Gasteiger partial charge is 0.481 e. The van der Waals surface area contributed by atoms with Crippen molar-refractivity contribution in [3.63, 3.8) is 0 Å². The number of nitrogens with one attached hydrogen (secondary N) is 1. The molecule has 6 heteroatoms. The minimum Gasteiger partial charge on any atom is -0.481 e. The van der Waals surface area contributed by atoms with Crippen LogP contribution in [0.25, 0.3) is 0 Å². The highest BCUT2D eigenvalue weighted by Crippen LogP contribution is 2.26. The third-order valence-corrected chi connectivity index (χ3v) is 2.52. The number of carbonyl (C=O) groups is 2. The van der Waals surface area contributed by atoms with Crippen molar-refractivity contribution in [1.29, 1.82) is 0 Å². The maximum absolute atomic E-state index is 12.5. The zero-order valence-electron chi connectivity index (χ0n) is 8.30. The Hall–Kier alpha value is -1.20. The molecule has 0 radical (unpaired) electrons. The number of rotatable bonds is 3. The van der Waals surface area contributed by atoms with Crippen LogP contribution in [0.5, 0.6) is 0 Å². The van der Waals surface area contributed by atoms with Gasteiger partial charge < -0.3 is 10.4 Å². The van der Waals surface area contributed by atoms with E-state index in [2.05, 4.69) is 5.32 Å². The highest BCUT2D eigenvalue weighted by Gasteiger charge is 2.37. The van der Waals surface area contributed by atoms with Crippen molar-refractivity contribution in [3.05, 3.63) is 0 Å². The lowest BCUT2D eigenvalue weighted by molar-refractivity contribution is -0.144. The molecule has 2 N–H and O–H groups in total. The fourth-order valence-electron chi connectivity index (χ4n) is 1.65. The third kappa shape index (κ3) is 3.14. The molecule has 0 aromatic rings. The number of aliphatic carboxylic acids is 1. The molecule has 2 atom stereocenters. The summed E-state index contributed by atoms with van der Waals surface area (Å²) in [6.07, 6.45) is 1.10. The van der Waals surface area contributed by atoms with E-state index >= 15 is 0 Å². The van der Waals surface area contributed by atoms with E-state index in [1.807, 2.05) is 0 Å². The van der Waals surface area contributed by atoms with Gasteiger partial charge in [-0.15, -0.1) is 0 Å². The Bertz CT molecular complexity index is 275. The highest BCUT2D eigenvalue weighted by atomic mass is 19.3. The Morgan fingerprint density at radius 3 is 2.40 bits per heavy atom. The van der Waals surface area contributed by atoms with E-state index in [0.29, 0.717) is 19.8 Å². The first-order chi connectivity index (χ1) is 6.80. The Balaban J connectivity index is 2.43. The van der Waals surface area contributed by atoms with Crippen LogP contribution in [0.4, 0.5) is 8.78 Å². The number of alkyl halides is 2. The number of hydrogen-bond acceptors (Lipinski definition) is 2. The van der Waals surface area contributed by atoms with E-state index < -0.39 is 29.8 Å². The molecule has 86 valence electrons. The van der Waals surface area contributed by atoms with Gasteiger partial charge in [0.2, 0.25) is 0 Å². The highest BCUT2D eigenvalue weighted by molar-refractivity contribution is 5.83. The van der Waals surface area contributed by atoms with E-state index in [-0.39, 0.29) is 6.42 Å². The van der Waals surface area contributed by atoms with Crippen LogP contribution in [0.3, 0.4) is 0 Å². The van der Waals surface area contributed by atoms with E-state index in [4.69, 9.17) is 5.11 Å². The van der Waals surface area contributed by atoms with Crippen molar-refractivity contribution in [2.45, 2.75) is 38.2 Å². The van der Waals surface area contributed by atoms with Crippen molar-refractivity contribution in [1.82, 2.24) is 5.32 Å². The molecule has 4 nitrogen and oxygen atoms in total. The fourth-order valence-corrected chi connectivity index (χ4v) is 1.65. The van der Waals surface area contributed by atoms with Crippen molar-refractivity contribution < 1.29 is 23.5 Å². The molecular weight excluding hydrogens is 208 g/mol. The number of carboxylic acids is 1. The van der Waals surface area contributed by atoms with Crippen LogP contribution < -0.4 is 5.32 Å². The summed E-state index contributed by atoms with van der Waals surface area (Å²) in [7, 11) is 0. The first-order valence-corrected chi connectivity index (χ1v) is 4.72. The molecule has 1 aliphatic rings. The second-order valence-corrected chi connectivity index (χ2v) is 3.91. The maximum Gasteiger partial charge on any atom is 0.321 e. The van der Waals surface area contributed by atoms with E-state index in [9.17, 15) is 18.4 Å². The summed E-state index contributed by atoms with van der Waals surface area (Å²) in [5.74, 6) is -6.20. The molecule has 0 saturated heterocycles. The van der Waals surface area contributed by atoms with Gasteiger partial charge in [-0.3, -0.25) is 9.59 Å². The molecule has 0 aliphatic heterocycles. The van der Waals surface area contributed by atoms with Gasteiger partial charge in [-0.05, 0) is 19.3 Å². The predicted molar refractivity (Wildman–Crippen MR) is 47.5 cm³/mol. The fraction of sp³-hybridized carbons (Fsp3) is 0.778. The van der Waals surface area contributed by atoms with Gasteiger partial charge >= 0.3 is 11.9 Å². The molecule has 1 rings (SSSR count). The summed E-state index contributed by atoms with van der Waals surface area (Å²) in [4.78, 5) is 21.5. The van der Waals surface area contributed by atoms with Crippen LogP contribution in [0.1, 0.15) is 26.2 Å². The first-order valence-electron chi connectivity index (χ1n) is 4.72. The van der Waals surface area contributed by atoms with Crippen molar-refractivity contribution in [3.8, 4) is 0 Å². The Kier molecular flexibility index (Phi) is 3.26. The van der Waals surface area contributed by atoms with Gasteiger partial charge in [0.25, 0.3) is 5.91 Å². The van der Waals surface area contributed by atoms with Crippen molar-refractivity contribution >= 4 is 11.9 Å². The summed E-state index contributed by atoms with van der Waals surface area (Å²) in [6.45, 7) is 0.520. The molecule has 0 aromatic carbocycles. The monoisotopic (exact) mass is 221 g/mol. The van der Waals surface area contributed by atoms with Crippen LogP contribution in [0.15, 0.2) is 0 Å². The number of carboxylic acid groups (broad SMARTS) is 1. The third-order valence-electron chi connectivity index (χ3n) is 2.52. The van der Waals surface area contributed by atoms with Gasteiger partial charge in [0, 0.05) is 13.0 Å². The topological polar surface area (TPSA) is 66.4 Å². The lowest BCUT2D eigenvalue weighted by Crippen LogP contribution is -2.42. The molecular formula is C9H13F2NO3. The lowest BCUT2D eigenvalue weighted by Gasteiger charge is -2.15. The van der Waals surface area contributed by atoms with Crippen LogP contribution in [-0.2, 0) is 9.59 Å². The number of amides is 1. The summed E-state index contributed by atoms with van der Waals surface area (Å²) in [5, 5.41) is 10.8. The van der Waals surface area contributed by atoms with Crippen LogP contribution in [0.2, 0.25) is 0 Å².